The molecule has 0 saturated carbocycles. The maximum atomic E-state index is 12.1. The molecular formula is C22H17Cl2N3O3S. The zero-order valence-corrected chi connectivity index (χ0v) is 18.6. The van der Waals surface area contributed by atoms with Crippen molar-refractivity contribution in [3.8, 4) is 11.3 Å². The largest absolute Gasteiger partial charge is 0.457 e. The highest BCUT2D eigenvalue weighted by atomic mass is 35.5. The van der Waals surface area contributed by atoms with Crippen molar-refractivity contribution in [3.05, 3.63) is 76.5 Å². The molecule has 3 rings (SSSR count). The molecule has 0 atom stereocenters. The summed E-state index contributed by atoms with van der Waals surface area (Å²) < 4.78 is 5.71. The van der Waals surface area contributed by atoms with E-state index in [1.807, 2.05) is 0 Å². The Bertz CT molecular complexity index is 1160. The molecular weight excluding hydrogens is 457 g/mol. The summed E-state index contributed by atoms with van der Waals surface area (Å²) in [5.41, 5.74) is 2.03. The molecule has 0 fully saturated rings. The Morgan fingerprint density at radius 1 is 0.968 bits per heavy atom. The molecule has 6 nitrogen and oxygen atoms in total. The molecule has 0 aliphatic heterocycles. The van der Waals surface area contributed by atoms with Crippen LogP contribution in [0.15, 0.2) is 65.1 Å². The van der Waals surface area contributed by atoms with Crippen LogP contribution >= 0.6 is 35.4 Å². The van der Waals surface area contributed by atoms with Gasteiger partial charge in [0.05, 0.1) is 5.02 Å². The van der Waals surface area contributed by atoms with Crippen molar-refractivity contribution < 1.29 is 14.0 Å². The van der Waals surface area contributed by atoms with E-state index in [4.69, 9.17) is 39.8 Å². The lowest BCUT2D eigenvalue weighted by atomic mass is 10.2. The number of amides is 2. The minimum absolute atomic E-state index is 0.134. The lowest BCUT2D eigenvalue weighted by Crippen LogP contribution is -2.32. The maximum Gasteiger partial charge on any atom is 0.250 e. The van der Waals surface area contributed by atoms with Crippen LogP contribution in [0, 0.1) is 0 Å². The molecule has 2 amide bonds. The van der Waals surface area contributed by atoms with Gasteiger partial charge >= 0.3 is 0 Å². The zero-order chi connectivity index (χ0) is 22.4. The van der Waals surface area contributed by atoms with E-state index in [1.54, 1.807) is 54.6 Å². The second-order valence-corrected chi connectivity index (χ2v) is 7.61. The third-order valence-electron chi connectivity index (χ3n) is 3.92. The van der Waals surface area contributed by atoms with Gasteiger partial charge in [0, 0.05) is 35.0 Å². The second kappa shape index (κ2) is 10.3. The summed E-state index contributed by atoms with van der Waals surface area (Å²) in [7, 11) is 0. The number of hydrogen-bond acceptors (Lipinski definition) is 4. The van der Waals surface area contributed by atoms with Crippen molar-refractivity contribution in [1.82, 2.24) is 5.32 Å². The summed E-state index contributed by atoms with van der Waals surface area (Å²) in [5.74, 6) is 0.454. The summed E-state index contributed by atoms with van der Waals surface area (Å²) in [6.45, 7) is 1.43. The van der Waals surface area contributed by atoms with Crippen molar-refractivity contribution >= 4 is 69.8 Å². The van der Waals surface area contributed by atoms with E-state index in [0.29, 0.717) is 38.5 Å². The second-order valence-electron chi connectivity index (χ2n) is 6.36. The van der Waals surface area contributed by atoms with Crippen molar-refractivity contribution in [1.29, 1.82) is 0 Å². The van der Waals surface area contributed by atoms with E-state index in [0.717, 1.165) is 0 Å². The molecule has 2 aromatic carbocycles. The van der Waals surface area contributed by atoms with Gasteiger partial charge in [-0.3, -0.25) is 14.9 Å². The molecule has 31 heavy (non-hydrogen) atoms. The normalized spacial score (nSPS) is 10.7. The third kappa shape index (κ3) is 6.68. The van der Waals surface area contributed by atoms with E-state index in [-0.39, 0.29) is 11.0 Å². The standard InChI is InChI=1S/C22H17Cl2N3O3S/c1-13(28)25-15-3-5-16(6-4-15)26-22(31)27-21(29)11-8-17-7-10-20(30-17)18-9-2-14(23)12-19(18)24/h2-12H,1H3,(H,25,28)(H2,26,27,29,31)/b11-8+. The van der Waals surface area contributed by atoms with Crippen LogP contribution < -0.4 is 16.0 Å². The lowest BCUT2D eigenvalue weighted by molar-refractivity contribution is -0.115. The highest BCUT2D eigenvalue weighted by Crippen LogP contribution is 2.31. The highest BCUT2D eigenvalue weighted by molar-refractivity contribution is 7.80. The first-order valence-electron chi connectivity index (χ1n) is 9.03. The van der Waals surface area contributed by atoms with Crippen molar-refractivity contribution in [2.45, 2.75) is 6.92 Å². The molecule has 0 spiro atoms. The van der Waals surface area contributed by atoms with Gasteiger partial charge in [-0.05, 0) is 72.9 Å². The quantitative estimate of drug-likeness (QED) is 0.325. The fourth-order valence-electron chi connectivity index (χ4n) is 2.59. The van der Waals surface area contributed by atoms with Crippen LogP contribution in [0.5, 0.6) is 0 Å². The van der Waals surface area contributed by atoms with Crippen LogP contribution in [-0.2, 0) is 9.59 Å². The molecule has 3 aromatic rings. The lowest BCUT2D eigenvalue weighted by Gasteiger charge is -2.09. The van der Waals surface area contributed by atoms with Gasteiger partial charge in [0.25, 0.3) is 0 Å². The van der Waals surface area contributed by atoms with Gasteiger partial charge in [-0.25, -0.2) is 0 Å². The van der Waals surface area contributed by atoms with Crippen LogP contribution in [0.3, 0.4) is 0 Å². The molecule has 0 unspecified atom stereocenters. The highest BCUT2D eigenvalue weighted by Gasteiger charge is 2.09. The number of rotatable bonds is 5. The molecule has 158 valence electrons. The predicted octanol–water partition coefficient (Wildman–Crippen LogP) is 5.74. The van der Waals surface area contributed by atoms with Crippen LogP contribution in [-0.4, -0.2) is 16.9 Å². The van der Waals surface area contributed by atoms with Gasteiger partial charge in [0.1, 0.15) is 11.5 Å². The molecule has 9 heteroatoms. The number of anilines is 2. The van der Waals surface area contributed by atoms with Crippen LogP contribution in [0.25, 0.3) is 17.4 Å². The van der Waals surface area contributed by atoms with E-state index in [1.165, 1.54) is 19.1 Å². The monoisotopic (exact) mass is 473 g/mol. The average molecular weight is 474 g/mol. The summed E-state index contributed by atoms with van der Waals surface area (Å²) >= 11 is 17.2. The third-order valence-corrected chi connectivity index (χ3v) is 4.67. The first-order chi connectivity index (χ1) is 14.8. The van der Waals surface area contributed by atoms with Crippen LogP contribution in [0.1, 0.15) is 12.7 Å². The number of nitrogens with one attached hydrogen (secondary N) is 3. The van der Waals surface area contributed by atoms with Gasteiger partial charge in [-0.15, -0.1) is 0 Å². The number of benzene rings is 2. The van der Waals surface area contributed by atoms with Crippen molar-refractivity contribution in [2.75, 3.05) is 10.6 Å². The number of halogens is 2. The molecule has 1 heterocycles. The molecule has 0 bridgehead atoms. The molecule has 1 aromatic heterocycles. The molecule has 0 saturated heterocycles. The first kappa shape index (κ1) is 22.6. The van der Waals surface area contributed by atoms with Crippen LogP contribution in [0.2, 0.25) is 10.0 Å². The Morgan fingerprint density at radius 2 is 1.65 bits per heavy atom. The van der Waals surface area contributed by atoms with Crippen molar-refractivity contribution in [2.24, 2.45) is 0 Å². The fourth-order valence-corrected chi connectivity index (χ4v) is 3.31. The number of carbonyl (C=O) groups is 2. The summed E-state index contributed by atoms with van der Waals surface area (Å²) in [6.07, 6.45) is 2.83. The van der Waals surface area contributed by atoms with Crippen LogP contribution in [0.4, 0.5) is 11.4 Å². The smallest absolute Gasteiger partial charge is 0.250 e. The molecule has 3 N–H and O–H groups in total. The molecule has 0 radical (unpaired) electrons. The molecule has 0 aliphatic rings. The van der Waals surface area contributed by atoms with Gasteiger partial charge < -0.3 is 15.1 Å². The summed E-state index contributed by atoms with van der Waals surface area (Å²) in [5, 5.41) is 9.24. The SMILES string of the molecule is CC(=O)Nc1ccc(NC(=S)NC(=O)/C=C/c2ccc(-c3ccc(Cl)cc3Cl)o2)cc1. The Kier molecular flexibility index (Phi) is 7.46. The van der Waals surface area contributed by atoms with Gasteiger partial charge in [-0.2, -0.15) is 0 Å². The fraction of sp³-hybridized carbons (Fsp3) is 0.0455. The van der Waals surface area contributed by atoms with E-state index in [2.05, 4.69) is 16.0 Å². The number of furan rings is 1. The minimum atomic E-state index is -0.421. The zero-order valence-electron chi connectivity index (χ0n) is 16.2. The maximum absolute atomic E-state index is 12.1. The average Bonchev–Trinajstić information content (AvgIpc) is 3.16. The van der Waals surface area contributed by atoms with Gasteiger partial charge in [0.15, 0.2) is 5.11 Å². The first-order valence-corrected chi connectivity index (χ1v) is 10.2. The Balaban J connectivity index is 1.55. The van der Waals surface area contributed by atoms with E-state index >= 15 is 0 Å². The van der Waals surface area contributed by atoms with Crippen molar-refractivity contribution in [3.63, 3.8) is 0 Å². The topological polar surface area (TPSA) is 83.4 Å². The Labute approximate surface area is 194 Å². The Hall–Kier alpha value is -3.13. The van der Waals surface area contributed by atoms with Gasteiger partial charge in [0.2, 0.25) is 11.8 Å². The van der Waals surface area contributed by atoms with E-state index < -0.39 is 5.91 Å². The number of thiocarbonyl (C=S) groups is 1. The van der Waals surface area contributed by atoms with E-state index in [9.17, 15) is 9.59 Å². The number of carbonyl (C=O) groups excluding carboxylic acids is 2. The van der Waals surface area contributed by atoms with Gasteiger partial charge in [-0.1, -0.05) is 23.2 Å². The number of hydrogen-bond donors (Lipinski definition) is 3. The summed E-state index contributed by atoms with van der Waals surface area (Å²) in [4.78, 5) is 23.2. The predicted molar refractivity (Wildman–Crippen MR) is 128 cm³/mol. The minimum Gasteiger partial charge on any atom is -0.457 e. The summed E-state index contributed by atoms with van der Waals surface area (Å²) in [6, 6.07) is 15.5. The Morgan fingerprint density at radius 3 is 2.29 bits per heavy atom. The molecule has 0 aliphatic carbocycles.